The molecule has 3 heterocycles. The van der Waals surface area contributed by atoms with E-state index in [1.807, 2.05) is 6.08 Å². The topological polar surface area (TPSA) is 87.2 Å². The Labute approximate surface area is 214 Å². The first kappa shape index (κ1) is 27.8. The maximum absolute atomic E-state index is 14.0. The number of rotatable bonds is 15. The summed E-state index contributed by atoms with van der Waals surface area (Å²) in [5.74, 6) is -1.74. The molecule has 0 aromatic heterocycles. The average molecular weight is 507 g/mol. The lowest BCUT2D eigenvalue weighted by atomic mass is 9.71. The van der Waals surface area contributed by atoms with Crippen LogP contribution in [-0.4, -0.2) is 81.1 Å². The first-order valence-corrected chi connectivity index (χ1v) is 14.0. The van der Waals surface area contributed by atoms with Crippen molar-refractivity contribution in [2.75, 3.05) is 26.3 Å². The molecule has 2 amide bonds. The van der Waals surface area contributed by atoms with Crippen molar-refractivity contribution in [2.24, 2.45) is 11.8 Å². The Balaban J connectivity index is 1.87. The number of esters is 1. The molecule has 0 aliphatic carbocycles. The molecule has 0 aromatic carbocycles. The van der Waals surface area contributed by atoms with Gasteiger partial charge in [0.25, 0.3) is 0 Å². The maximum atomic E-state index is 14.0. The van der Waals surface area contributed by atoms with E-state index >= 15 is 0 Å². The van der Waals surface area contributed by atoms with Crippen molar-refractivity contribution in [1.29, 1.82) is 0 Å². The number of unbranched alkanes of at least 4 members (excludes halogenated alkanes) is 4. The standard InChI is InChI=1S/C27H42N2O5S/c1-5-8-10-12-17-34-26(33)21-20-13-14-27(35-20)22(21)24(31)29(19(4)18-30)23(27)25(32)28(15-7-3)16-11-9-6-2/h5,7,19-23,30H,1,3,6,8-18H2,2,4H3/t19-,20+,21-,22+,23?,27?/m1/s1. The van der Waals surface area contributed by atoms with Gasteiger partial charge in [0.2, 0.25) is 11.8 Å². The first-order valence-electron chi connectivity index (χ1n) is 13.2. The highest BCUT2D eigenvalue weighted by Gasteiger charge is 2.74. The average Bonchev–Trinajstić information content (AvgIpc) is 3.50. The smallest absolute Gasteiger partial charge is 0.310 e. The van der Waals surface area contributed by atoms with Crippen molar-refractivity contribution in [2.45, 2.75) is 87.3 Å². The molecule has 3 aliphatic heterocycles. The summed E-state index contributed by atoms with van der Waals surface area (Å²) >= 11 is 1.64. The van der Waals surface area contributed by atoms with Gasteiger partial charge >= 0.3 is 5.97 Å². The summed E-state index contributed by atoms with van der Waals surface area (Å²) in [5.41, 5.74) is 0. The van der Waals surface area contributed by atoms with Gasteiger partial charge in [-0.05, 0) is 45.4 Å². The third-order valence-electron chi connectivity index (χ3n) is 7.72. The number of amides is 2. The van der Waals surface area contributed by atoms with E-state index in [9.17, 15) is 19.5 Å². The molecule has 3 fully saturated rings. The van der Waals surface area contributed by atoms with Crippen LogP contribution in [0.25, 0.3) is 0 Å². The van der Waals surface area contributed by atoms with Crippen molar-refractivity contribution >= 4 is 29.5 Å². The van der Waals surface area contributed by atoms with Crippen LogP contribution in [0, 0.1) is 11.8 Å². The fourth-order valence-corrected chi connectivity index (χ4v) is 8.22. The van der Waals surface area contributed by atoms with Crippen molar-refractivity contribution < 1.29 is 24.2 Å². The van der Waals surface area contributed by atoms with Crippen LogP contribution >= 0.6 is 11.8 Å². The van der Waals surface area contributed by atoms with Gasteiger partial charge in [0, 0.05) is 18.3 Å². The second-order valence-electron chi connectivity index (χ2n) is 10.1. The molecule has 7 nitrogen and oxygen atoms in total. The van der Waals surface area contributed by atoms with Crippen LogP contribution in [0.2, 0.25) is 0 Å². The second kappa shape index (κ2) is 12.4. The molecule has 0 aromatic rings. The summed E-state index contributed by atoms with van der Waals surface area (Å²) in [7, 11) is 0. The number of carbonyl (C=O) groups excluding carboxylic acids is 3. The van der Waals surface area contributed by atoms with Crippen molar-refractivity contribution in [3.63, 3.8) is 0 Å². The summed E-state index contributed by atoms with van der Waals surface area (Å²) in [6, 6.07) is -1.20. The fraction of sp³-hybridized carbons (Fsp3) is 0.741. The minimum atomic E-state index is -0.691. The zero-order valence-electron chi connectivity index (χ0n) is 21.3. The third-order valence-corrected chi connectivity index (χ3v) is 9.67. The van der Waals surface area contributed by atoms with Crippen LogP contribution in [0.4, 0.5) is 0 Å². The molecular weight excluding hydrogens is 464 g/mol. The van der Waals surface area contributed by atoms with E-state index in [0.29, 0.717) is 26.1 Å². The van der Waals surface area contributed by atoms with Gasteiger partial charge in [-0.2, -0.15) is 0 Å². The van der Waals surface area contributed by atoms with E-state index in [4.69, 9.17) is 4.74 Å². The van der Waals surface area contributed by atoms with Gasteiger partial charge in [0.15, 0.2) is 0 Å². The molecule has 2 bridgehead atoms. The molecule has 35 heavy (non-hydrogen) atoms. The zero-order valence-corrected chi connectivity index (χ0v) is 22.1. The quantitative estimate of drug-likeness (QED) is 0.208. The molecule has 0 radical (unpaired) electrons. The lowest BCUT2D eigenvalue weighted by molar-refractivity contribution is -0.154. The van der Waals surface area contributed by atoms with Crippen LogP contribution in [-0.2, 0) is 19.1 Å². The molecule has 0 saturated carbocycles. The number of ether oxygens (including phenoxy) is 1. The summed E-state index contributed by atoms with van der Waals surface area (Å²) in [6.07, 6.45) is 10.6. The third kappa shape index (κ3) is 5.33. The Morgan fingerprint density at radius 3 is 2.71 bits per heavy atom. The molecule has 1 N–H and O–H groups in total. The number of hydrogen-bond donors (Lipinski definition) is 1. The highest BCUT2D eigenvalue weighted by atomic mass is 32.2. The predicted molar refractivity (Wildman–Crippen MR) is 139 cm³/mol. The highest BCUT2D eigenvalue weighted by molar-refractivity contribution is 8.02. The summed E-state index contributed by atoms with van der Waals surface area (Å²) < 4.78 is 4.98. The number of aliphatic hydroxyl groups is 1. The Hall–Kier alpha value is -1.80. The number of likely N-dealkylation sites (tertiary alicyclic amines) is 1. The fourth-order valence-electron chi connectivity index (χ4n) is 6.03. The molecule has 3 saturated heterocycles. The predicted octanol–water partition coefficient (Wildman–Crippen LogP) is 3.56. The molecule has 6 atom stereocenters. The number of carbonyl (C=O) groups is 3. The van der Waals surface area contributed by atoms with Crippen LogP contribution in [0.15, 0.2) is 25.3 Å². The number of thioether (sulfide) groups is 1. The van der Waals surface area contributed by atoms with E-state index in [1.165, 1.54) is 0 Å². The number of nitrogens with zero attached hydrogens (tertiary/aromatic N) is 2. The van der Waals surface area contributed by atoms with Crippen molar-refractivity contribution in [3.8, 4) is 0 Å². The first-order chi connectivity index (χ1) is 16.9. The van der Waals surface area contributed by atoms with Gasteiger partial charge in [-0.25, -0.2) is 0 Å². The molecule has 196 valence electrons. The largest absolute Gasteiger partial charge is 0.465 e. The number of fused-ring (bicyclic) bond motifs is 1. The van der Waals surface area contributed by atoms with Crippen molar-refractivity contribution in [3.05, 3.63) is 25.3 Å². The van der Waals surface area contributed by atoms with Gasteiger partial charge in [-0.3, -0.25) is 14.4 Å². The van der Waals surface area contributed by atoms with Gasteiger partial charge in [-0.1, -0.05) is 31.9 Å². The van der Waals surface area contributed by atoms with Gasteiger partial charge in [-0.15, -0.1) is 24.9 Å². The molecule has 3 rings (SSSR count). The SMILES string of the molecule is C=CCCCCOC(=O)[C@@H]1[C@@H]2CCC3(S2)C(C(=O)N(CC=C)CCCCC)N([C@H](C)CO)C(=O)[C@H]13. The lowest BCUT2D eigenvalue weighted by Crippen LogP contribution is -2.57. The van der Waals surface area contributed by atoms with Gasteiger partial charge in [0.1, 0.15) is 6.04 Å². The molecule has 3 aliphatic rings. The van der Waals surface area contributed by atoms with E-state index in [2.05, 4.69) is 20.1 Å². The minimum absolute atomic E-state index is 0.0144. The Morgan fingerprint density at radius 1 is 1.29 bits per heavy atom. The van der Waals surface area contributed by atoms with Gasteiger partial charge < -0.3 is 19.6 Å². The zero-order chi connectivity index (χ0) is 25.6. The van der Waals surface area contributed by atoms with E-state index in [-0.39, 0.29) is 29.6 Å². The van der Waals surface area contributed by atoms with E-state index < -0.39 is 28.7 Å². The van der Waals surface area contributed by atoms with Crippen LogP contribution in [0.5, 0.6) is 0 Å². The number of aliphatic hydroxyl groups excluding tert-OH is 1. The lowest BCUT2D eigenvalue weighted by Gasteiger charge is -2.38. The molecular formula is C27H42N2O5S. The number of allylic oxidation sites excluding steroid dienone is 1. The number of hydrogen-bond acceptors (Lipinski definition) is 6. The second-order valence-corrected chi connectivity index (χ2v) is 11.7. The van der Waals surface area contributed by atoms with Crippen LogP contribution < -0.4 is 0 Å². The highest BCUT2D eigenvalue weighted by Crippen LogP contribution is 2.66. The normalized spacial score (nSPS) is 29.7. The monoisotopic (exact) mass is 506 g/mol. The summed E-state index contributed by atoms with van der Waals surface area (Å²) in [4.78, 5) is 44.5. The maximum Gasteiger partial charge on any atom is 0.310 e. The van der Waals surface area contributed by atoms with Gasteiger partial charge in [0.05, 0.1) is 35.8 Å². The van der Waals surface area contributed by atoms with Crippen LogP contribution in [0.1, 0.15) is 65.2 Å². The molecule has 1 spiro atoms. The summed E-state index contributed by atoms with van der Waals surface area (Å²) in [5, 5.41) is 9.97. The van der Waals surface area contributed by atoms with E-state index in [0.717, 1.165) is 44.9 Å². The minimum Gasteiger partial charge on any atom is -0.465 e. The van der Waals surface area contributed by atoms with E-state index in [1.54, 1.807) is 34.6 Å². The van der Waals surface area contributed by atoms with Crippen LogP contribution in [0.3, 0.4) is 0 Å². The molecule has 2 unspecified atom stereocenters. The Kier molecular flexibility index (Phi) is 9.87. The molecule has 8 heteroatoms. The Bertz CT molecular complexity index is 804. The van der Waals surface area contributed by atoms with Crippen molar-refractivity contribution in [1.82, 2.24) is 9.80 Å². The Morgan fingerprint density at radius 2 is 2.06 bits per heavy atom. The summed E-state index contributed by atoms with van der Waals surface area (Å²) in [6.45, 7) is 12.6.